The number of hydrogen-bond donors (Lipinski definition) is 0. The first-order valence-corrected chi connectivity index (χ1v) is 17.5. The van der Waals surface area contributed by atoms with Crippen molar-refractivity contribution in [3.05, 3.63) is 71.3 Å². The lowest BCUT2D eigenvalue weighted by atomic mass is 10.1. The molecule has 224 valence electrons. The van der Waals surface area contributed by atoms with E-state index in [9.17, 15) is 13.2 Å². The number of aromatic nitrogens is 2. The summed E-state index contributed by atoms with van der Waals surface area (Å²) in [6, 6.07) is 16.6. The smallest absolute Gasteiger partial charge is 0.266 e. The van der Waals surface area contributed by atoms with E-state index < -0.39 is 10.0 Å². The van der Waals surface area contributed by atoms with E-state index in [1.807, 2.05) is 62.5 Å². The number of amides is 1. The number of thioether (sulfide) groups is 1. The van der Waals surface area contributed by atoms with E-state index in [1.54, 1.807) is 32.1 Å². The number of thiocarbonyl (C=S) groups is 1. The third-order valence-electron chi connectivity index (χ3n) is 7.10. The van der Waals surface area contributed by atoms with Crippen LogP contribution in [0.2, 0.25) is 0 Å². The molecule has 1 aliphatic rings. The maximum Gasteiger partial charge on any atom is 0.266 e. The number of rotatable bonds is 15. The Balaban J connectivity index is 1.71. The van der Waals surface area contributed by atoms with Gasteiger partial charge in [-0.2, -0.15) is 9.40 Å². The minimum absolute atomic E-state index is 0.0926. The van der Waals surface area contributed by atoms with E-state index in [0.29, 0.717) is 40.1 Å². The van der Waals surface area contributed by atoms with Crippen LogP contribution in [0, 0.1) is 0 Å². The van der Waals surface area contributed by atoms with Crippen molar-refractivity contribution < 1.29 is 13.2 Å². The zero-order chi connectivity index (χ0) is 30.1. The number of benzene rings is 2. The monoisotopic (exact) mass is 624 g/mol. The van der Waals surface area contributed by atoms with Crippen molar-refractivity contribution in [1.82, 2.24) is 19.0 Å². The Bertz CT molecular complexity index is 1510. The van der Waals surface area contributed by atoms with Gasteiger partial charge in [-0.25, -0.2) is 13.1 Å². The molecule has 0 N–H and O–H groups in total. The summed E-state index contributed by atoms with van der Waals surface area (Å²) in [5.41, 5.74) is 2.84. The Hall–Kier alpha value is -2.79. The molecule has 0 unspecified atom stereocenters. The Kier molecular flexibility index (Phi) is 11.5. The predicted octanol–water partition coefficient (Wildman–Crippen LogP) is 7.52. The van der Waals surface area contributed by atoms with Crippen molar-refractivity contribution in [2.75, 3.05) is 19.6 Å². The molecule has 10 heteroatoms. The number of para-hydroxylation sites is 1. The highest BCUT2D eigenvalue weighted by atomic mass is 32.2. The number of sulfonamides is 1. The molecule has 3 aromatic rings. The lowest BCUT2D eigenvalue weighted by Crippen LogP contribution is -2.32. The summed E-state index contributed by atoms with van der Waals surface area (Å²) in [6.45, 7) is 7.69. The largest absolute Gasteiger partial charge is 0.293 e. The summed E-state index contributed by atoms with van der Waals surface area (Å²) < 4.78 is 31.0. The number of carbonyl (C=O) groups is 1. The Morgan fingerprint density at radius 3 is 2.33 bits per heavy atom. The average Bonchev–Trinajstić information content (AvgIpc) is 3.53. The molecule has 1 saturated heterocycles. The van der Waals surface area contributed by atoms with Crippen molar-refractivity contribution in [2.24, 2.45) is 0 Å². The number of unbranched alkanes of at least 4 members (excludes halogenated alkanes) is 4. The zero-order valence-corrected chi connectivity index (χ0v) is 27.1. The molecule has 0 atom stereocenters. The minimum Gasteiger partial charge on any atom is -0.293 e. The maximum absolute atomic E-state index is 13.6. The fraction of sp³-hybridized carbons (Fsp3) is 0.406. The van der Waals surface area contributed by atoms with Gasteiger partial charge < -0.3 is 0 Å². The van der Waals surface area contributed by atoms with E-state index in [4.69, 9.17) is 17.3 Å². The predicted molar refractivity (Wildman–Crippen MR) is 177 cm³/mol. The number of carbonyl (C=O) groups excluding carboxylic acids is 1. The van der Waals surface area contributed by atoms with Crippen LogP contribution in [0.25, 0.3) is 23.0 Å². The molecule has 2 heterocycles. The second-order valence-electron chi connectivity index (χ2n) is 10.4. The van der Waals surface area contributed by atoms with Crippen LogP contribution in [0.1, 0.15) is 71.3 Å². The Morgan fingerprint density at radius 1 is 0.929 bits per heavy atom. The van der Waals surface area contributed by atoms with Crippen LogP contribution in [-0.2, 0) is 14.8 Å². The second kappa shape index (κ2) is 15.1. The molecular formula is C32H40N4O3S3. The molecule has 1 fully saturated rings. The molecule has 0 radical (unpaired) electrons. The van der Waals surface area contributed by atoms with Gasteiger partial charge in [-0.05, 0) is 49.6 Å². The number of nitrogens with zero attached hydrogens (tertiary/aromatic N) is 4. The molecule has 7 nitrogen and oxygen atoms in total. The molecule has 0 saturated carbocycles. The zero-order valence-electron chi connectivity index (χ0n) is 24.7. The lowest BCUT2D eigenvalue weighted by molar-refractivity contribution is -0.122. The second-order valence-corrected chi connectivity index (χ2v) is 14.0. The van der Waals surface area contributed by atoms with Gasteiger partial charge in [0, 0.05) is 37.0 Å². The minimum atomic E-state index is -3.67. The van der Waals surface area contributed by atoms with Crippen LogP contribution < -0.4 is 0 Å². The van der Waals surface area contributed by atoms with E-state index >= 15 is 0 Å². The lowest BCUT2D eigenvalue weighted by Gasteiger charge is -2.21. The Labute approximate surface area is 260 Å². The van der Waals surface area contributed by atoms with Crippen molar-refractivity contribution in [3.63, 3.8) is 0 Å². The first kappa shape index (κ1) is 32.1. The quantitative estimate of drug-likeness (QED) is 0.0989. The van der Waals surface area contributed by atoms with E-state index in [2.05, 4.69) is 6.92 Å². The molecule has 0 bridgehead atoms. The van der Waals surface area contributed by atoms with E-state index in [-0.39, 0.29) is 10.8 Å². The normalized spacial score (nSPS) is 15.0. The van der Waals surface area contributed by atoms with Crippen molar-refractivity contribution >= 4 is 50.3 Å². The highest BCUT2D eigenvalue weighted by Crippen LogP contribution is 2.35. The third kappa shape index (κ3) is 7.58. The van der Waals surface area contributed by atoms with Crippen LogP contribution in [0.15, 0.2) is 70.6 Å². The first-order valence-electron chi connectivity index (χ1n) is 14.8. The van der Waals surface area contributed by atoms with Gasteiger partial charge in [-0.3, -0.25) is 9.69 Å². The molecule has 4 rings (SSSR count). The molecular weight excluding hydrogens is 585 g/mol. The van der Waals surface area contributed by atoms with Crippen LogP contribution in [0.4, 0.5) is 0 Å². The summed E-state index contributed by atoms with van der Waals surface area (Å²) in [7, 11) is -3.67. The van der Waals surface area contributed by atoms with Gasteiger partial charge in [0.2, 0.25) is 10.0 Å². The highest BCUT2D eigenvalue weighted by Gasteiger charge is 2.32. The van der Waals surface area contributed by atoms with Gasteiger partial charge in [0.15, 0.2) is 0 Å². The SMILES string of the molecule is CCCCCCCN1C(=O)/C(=C\c2cn(-c3ccccc3)nc2-c2cccc(S(=O)(=O)N(CCC)CCC)c2)SC1=S. The van der Waals surface area contributed by atoms with Gasteiger partial charge in [-0.15, -0.1) is 0 Å². The van der Waals surface area contributed by atoms with Gasteiger partial charge in [0.25, 0.3) is 5.91 Å². The molecule has 0 spiro atoms. The van der Waals surface area contributed by atoms with E-state index in [0.717, 1.165) is 43.4 Å². The van der Waals surface area contributed by atoms with E-state index in [1.165, 1.54) is 24.6 Å². The Morgan fingerprint density at radius 2 is 1.64 bits per heavy atom. The van der Waals surface area contributed by atoms with Crippen LogP contribution in [-0.4, -0.2) is 57.3 Å². The molecule has 0 aliphatic carbocycles. The third-order valence-corrected chi connectivity index (χ3v) is 10.4. The summed E-state index contributed by atoms with van der Waals surface area (Å²) in [5.74, 6) is -0.0926. The summed E-state index contributed by atoms with van der Waals surface area (Å²) >= 11 is 6.89. The molecule has 42 heavy (non-hydrogen) atoms. The van der Waals surface area contributed by atoms with Gasteiger partial charge >= 0.3 is 0 Å². The van der Waals surface area contributed by atoms with Crippen molar-refractivity contribution in [1.29, 1.82) is 0 Å². The van der Waals surface area contributed by atoms with Gasteiger partial charge in [0.1, 0.15) is 10.0 Å². The fourth-order valence-corrected chi connectivity index (χ4v) is 7.91. The highest BCUT2D eigenvalue weighted by molar-refractivity contribution is 8.26. The first-order chi connectivity index (χ1) is 20.3. The number of hydrogen-bond acceptors (Lipinski definition) is 6. The molecule has 1 aliphatic heterocycles. The molecule has 1 aromatic heterocycles. The average molecular weight is 625 g/mol. The topological polar surface area (TPSA) is 75.5 Å². The summed E-state index contributed by atoms with van der Waals surface area (Å²) in [5, 5.41) is 4.87. The molecule has 2 aromatic carbocycles. The fourth-order valence-electron chi connectivity index (χ4n) is 4.94. The maximum atomic E-state index is 13.6. The standard InChI is InChI=1S/C32H40N4O3S3/c1-4-7-8-9-13-21-35-31(37)29(41-32(35)40)23-26-24-36(27-16-11-10-12-17-27)33-30(26)25-15-14-18-28(22-25)42(38,39)34(19-5-2)20-6-3/h10-12,14-18,22-24H,4-9,13,19-21H2,1-3H3/b29-23+. The van der Waals surface area contributed by atoms with Gasteiger partial charge in [0.05, 0.1) is 15.5 Å². The van der Waals surface area contributed by atoms with Crippen molar-refractivity contribution in [2.45, 2.75) is 70.6 Å². The summed E-state index contributed by atoms with van der Waals surface area (Å²) in [6.07, 6.45) is 10.7. The van der Waals surface area contributed by atoms with Crippen LogP contribution >= 0.6 is 24.0 Å². The van der Waals surface area contributed by atoms with Crippen molar-refractivity contribution in [3.8, 4) is 16.9 Å². The van der Waals surface area contributed by atoms with Crippen LogP contribution in [0.3, 0.4) is 0 Å². The summed E-state index contributed by atoms with van der Waals surface area (Å²) in [4.78, 5) is 15.9. The van der Waals surface area contributed by atoms with Crippen LogP contribution in [0.5, 0.6) is 0 Å². The molecule has 1 amide bonds. The van der Waals surface area contributed by atoms with Gasteiger partial charge in [-0.1, -0.05) is 101 Å².